The smallest absolute Gasteiger partial charge is 0.395 e. The molecule has 3 N–H and O–H groups in total. The molecule has 0 radical (unpaired) electrons. The maximum Gasteiger partial charge on any atom is 0.401 e. The van der Waals surface area contributed by atoms with Crippen LogP contribution in [0.1, 0.15) is 18.5 Å². The molecule has 0 aliphatic rings. The first-order valence-corrected chi connectivity index (χ1v) is 6.55. The molecule has 0 amide bonds. The van der Waals surface area contributed by atoms with Crippen LogP contribution in [-0.2, 0) is 0 Å². The van der Waals surface area contributed by atoms with Crippen molar-refractivity contribution in [1.29, 1.82) is 0 Å². The summed E-state index contributed by atoms with van der Waals surface area (Å²) < 4.78 is 37.9. The minimum atomic E-state index is -4.35. The summed E-state index contributed by atoms with van der Waals surface area (Å²) in [7, 11) is 0. The van der Waals surface area contributed by atoms with Crippen molar-refractivity contribution in [3.05, 3.63) is 34.9 Å². The van der Waals surface area contributed by atoms with Crippen LogP contribution in [0.3, 0.4) is 0 Å². The molecule has 114 valence electrons. The van der Waals surface area contributed by atoms with Crippen molar-refractivity contribution in [2.75, 3.05) is 19.7 Å². The van der Waals surface area contributed by atoms with E-state index in [9.17, 15) is 13.2 Å². The van der Waals surface area contributed by atoms with Crippen LogP contribution in [-0.4, -0.2) is 41.9 Å². The molecule has 0 fully saturated rings. The third-order valence-corrected chi connectivity index (χ3v) is 3.12. The van der Waals surface area contributed by atoms with E-state index in [-0.39, 0.29) is 13.2 Å². The van der Waals surface area contributed by atoms with Crippen molar-refractivity contribution >= 4 is 11.6 Å². The number of alkyl halides is 3. The van der Waals surface area contributed by atoms with Crippen LogP contribution in [0, 0.1) is 0 Å². The Balaban J connectivity index is 3.04. The van der Waals surface area contributed by atoms with E-state index in [0.29, 0.717) is 10.6 Å². The summed E-state index contributed by atoms with van der Waals surface area (Å²) in [5, 5.41) is 9.49. The van der Waals surface area contributed by atoms with E-state index in [1.54, 1.807) is 31.2 Å². The van der Waals surface area contributed by atoms with Gasteiger partial charge in [0.15, 0.2) is 0 Å². The Morgan fingerprint density at radius 2 is 1.85 bits per heavy atom. The van der Waals surface area contributed by atoms with Crippen LogP contribution in [0.5, 0.6) is 0 Å². The molecule has 1 aromatic rings. The van der Waals surface area contributed by atoms with E-state index in [2.05, 4.69) is 0 Å². The van der Waals surface area contributed by atoms with Crippen molar-refractivity contribution in [2.45, 2.75) is 25.2 Å². The molecular formula is C13H18ClF3N2O. The first-order chi connectivity index (χ1) is 9.24. The molecule has 20 heavy (non-hydrogen) atoms. The average molecular weight is 311 g/mol. The Labute approximate surface area is 121 Å². The molecule has 0 saturated heterocycles. The molecule has 0 aliphatic carbocycles. The van der Waals surface area contributed by atoms with Crippen molar-refractivity contribution in [1.82, 2.24) is 4.90 Å². The first kappa shape index (κ1) is 17.2. The van der Waals surface area contributed by atoms with Gasteiger partial charge in [0.25, 0.3) is 0 Å². The number of aliphatic hydroxyl groups excluding tert-OH is 1. The molecule has 3 nitrogen and oxygen atoms in total. The second-order valence-electron chi connectivity index (χ2n) is 4.66. The van der Waals surface area contributed by atoms with Gasteiger partial charge in [-0.05, 0) is 24.6 Å². The molecular weight excluding hydrogens is 293 g/mol. The monoisotopic (exact) mass is 310 g/mol. The summed E-state index contributed by atoms with van der Waals surface area (Å²) in [5.74, 6) is 0. The third-order valence-electron chi connectivity index (χ3n) is 2.87. The number of aliphatic hydroxyl groups is 1. The van der Waals surface area contributed by atoms with E-state index in [4.69, 9.17) is 22.4 Å². The maximum absolute atomic E-state index is 12.6. The van der Waals surface area contributed by atoms with Crippen molar-refractivity contribution in [3.63, 3.8) is 0 Å². The minimum Gasteiger partial charge on any atom is -0.395 e. The standard InChI is InChI=1S/C13H18ClF3N2O/c1-9(18)12(10-2-4-11(14)5-3-10)19(6-7-20)8-13(15,16)17/h2-5,9,12,20H,6-8,18H2,1H3. The number of hydrogen-bond donors (Lipinski definition) is 2. The lowest BCUT2D eigenvalue weighted by molar-refractivity contribution is -0.153. The molecule has 7 heteroatoms. The zero-order valence-corrected chi connectivity index (χ0v) is 11.8. The van der Waals surface area contributed by atoms with E-state index in [1.807, 2.05) is 0 Å². The van der Waals surface area contributed by atoms with E-state index < -0.39 is 24.8 Å². The highest BCUT2D eigenvalue weighted by Crippen LogP contribution is 2.28. The van der Waals surface area contributed by atoms with Crippen LogP contribution < -0.4 is 5.73 Å². The molecule has 0 aromatic heterocycles. The summed E-state index contributed by atoms with van der Waals surface area (Å²) in [4.78, 5) is 1.13. The van der Waals surface area contributed by atoms with Gasteiger partial charge >= 0.3 is 6.18 Å². The van der Waals surface area contributed by atoms with Crippen LogP contribution >= 0.6 is 11.6 Å². The summed E-state index contributed by atoms with van der Waals surface area (Å²) in [6.45, 7) is 0.0453. The fraction of sp³-hybridized carbons (Fsp3) is 0.538. The lowest BCUT2D eigenvalue weighted by atomic mass is 9.99. The lowest BCUT2D eigenvalue weighted by Gasteiger charge is -2.34. The second-order valence-corrected chi connectivity index (χ2v) is 5.10. The van der Waals surface area contributed by atoms with Gasteiger partial charge in [-0.1, -0.05) is 23.7 Å². The van der Waals surface area contributed by atoms with E-state index >= 15 is 0 Å². The highest BCUT2D eigenvalue weighted by Gasteiger charge is 2.35. The second kappa shape index (κ2) is 7.26. The first-order valence-electron chi connectivity index (χ1n) is 6.17. The normalized spacial score (nSPS) is 15.4. The summed E-state index contributed by atoms with van der Waals surface area (Å²) in [5.41, 5.74) is 6.47. The highest BCUT2D eigenvalue weighted by atomic mass is 35.5. The Morgan fingerprint density at radius 3 is 2.25 bits per heavy atom. The molecule has 0 heterocycles. The van der Waals surface area contributed by atoms with Crippen LogP contribution in [0.25, 0.3) is 0 Å². The summed E-state index contributed by atoms with van der Waals surface area (Å²) in [6, 6.07) is 5.36. The topological polar surface area (TPSA) is 49.5 Å². The van der Waals surface area contributed by atoms with E-state index in [1.165, 1.54) is 0 Å². The molecule has 0 saturated carbocycles. The molecule has 2 atom stereocenters. The van der Waals surface area contributed by atoms with E-state index in [0.717, 1.165) is 4.90 Å². The van der Waals surface area contributed by atoms with Crippen LogP contribution in [0.2, 0.25) is 5.02 Å². The molecule has 1 aromatic carbocycles. The maximum atomic E-state index is 12.6. The number of hydrogen-bond acceptors (Lipinski definition) is 3. The van der Waals surface area contributed by atoms with Gasteiger partial charge in [-0.3, -0.25) is 4.90 Å². The minimum absolute atomic E-state index is 0.103. The predicted octanol–water partition coefficient (Wildman–Crippen LogP) is 2.58. The SMILES string of the molecule is CC(N)C(c1ccc(Cl)cc1)N(CCO)CC(F)(F)F. The molecule has 0 spiro atoms. The quantitative estimate of drug-likeness (QED) is 0.849. The van der Waals surface area contributed by atoms with Crippen molar-refractivity contribution in [3.8, 4) is 0 Å². The fourth-order valence-electron chi connectivity index (χ4n) is 2.18. The van der Waals surface area contributed by atoms with Gasteiger partial charge in [0.1, 0.15) is 0 Å². The van der Waals surface area contributed by atoms with Crippen LogP contribution in [0.15, 0.2) is 24.3 Å². The van der Waals surface area contributed by atoms with Crippen molar-refractivity contribution < 1.29 is 18.3 Å². The van der Waals surface area contributed by atoms with Crippen molar-refractivity contribution in [2.24, 2.45) is 5.73 Å². The van der Waals surface area contributed by atoms with Gasteiger partial charge in [-0.15, -0.1) is 0 Å². The zero-order valence-electron chi connectivity index (χ0n) is 11.1. The number of benzene rings is 1. The Hall–Kier alpha value is -0.820. The van der Waals surface area contributed by atoms with Gasteiger partial charge in [-0.2, -0.15) is 13.2 Å². The molecule has 0 aliphatic heterocycles. The Kier molecular flexibility index (Phi) is 6.26. The predicted molar refractivity (Wildman–Crippen MR) is 72.6 cm³/mol. The van der Waals surface area contributed by atoms with Crippen LogP contribution in [0.4, 0.5) is 13.2 Å². The third kappa shape index (κ3) is 5.28. The van der Waals surface area contributed by atoms with Gasteiger partial charge < -0.3 is 10.8 Å². The summed E-state index contributed by atoms with van der Waals surface area (Å²) >= 11 is 5.78. The molecule has 0 bridgehead atoms. The molecule has 2 unspecified atom stereocenters. The largest absolute Gasteiger partial charge is 0.401 e. The fourth-order valence-corrected chi connectivity index (χ4v) is 2.31. The Morgan fingerprint density at radius 1 is 1.30 bits per heavy atom. The number of nitrogens with zero attached hydrogens (tertiary/aromatic N) is 1. The number of rotatable bonds is 6. The number of nitrogens with two attached hydrogens (primary N) is 1. The Bertz CT molecular complexity index is 409. The highest BCUT2D eigenvalue weighted by molar-refractivity contribution is 6.30. The van der Waals surface area contributed by atoms with Gasteiger partial charge in [0.05, 0.1) is 19.2 Å². The van der Waals surface area contributed by atoms with Gasteiger partial charge in [0.2, 0.25) is 0 Å². The lowest BCUT2D eigenvalue weighted by Crippen LogP contribution is -2.45. The average Bonchev–Trinajstić information content (AvgIpc) is 2.29. The van der Waals surface area contributed by atoms with Gasteiger partial charge in [-0.25, -0.2) is 0 Å². The zero-order chi connectivity index (χ0) is 15.3. The summed E-state index contributed by atoms with van der Waals surface area (Å²) in [6.07, 6.45) is -4.35. The molecule has 1 rings (SSSR count). The van der Waals surface area contributed by atoms with Gasteiger partial charge in [0, 0.05) is 17.6 Å². The number of halogens is 4.